The van der Waals surface area contributed by atoms with Crippen LogP contribution in [0.1, 0.15) is 32.1 Å². The third-order valence-corrected chi connectivity index (χ3v) is 6.11. The van der Waals surface area contributed by atoms with Crippen molar-refractivity contribution in [1.82, 2.24) is 19.2 Å². The summed E-state index contributed by atoms with van der Waals surface area (Å²) >= 11 is 7.73. The number of thioether (sulfide) groups is 1. The molecule has 0 spiro atoms. The predicted octanol–water partition coefficient (Wildman–Crippen LogP) is 4.21. The van der Waals surface area contributed by atoms with Crippen LogP contribution in [0.2, 0.25) is 5.02 Å². The maximum Gasteiger partial charge on any atom is 0.300 e. The second-order valence-corrected chi connectivity index (χ2v) is 7.87. The minimum atomic E-state index is -0.193. The van der Waals surface area contributed by atoms with E-state index in [9.17, 15) is 4.79 Å². The van der Waals surface area contributed by atoms with Crippen molar-refractivity contribution in [1.29, 1.82) is 0 Å². The van der Waals surface area contributed by atoms with E-state index in [0.29, 0.717) is 10.7 Å². The molecule has 0 atom stereocenters. The second-order valence-electron chi connectivity index (χ2n) is 6.44. The van der Waals surface area contributed by atoms with Crippen LogP contribution < -0.4 is 5.56 Å². The maximum atomic E-state index is 12.7. The van der Waals surface area contributed by atoms with Crippen LogP contribution in [0.25, 0.3) is 11.3 Å². The van der Waals surface area contributed by atoms with Gasteiger partial charge in [0.15, 0.2) is 5.16 Å². The van der Waals surface area contributed by atoms with E-state index in [-0.39, 0.29) is 5.56 Å². The Kier molecular flexibility index (Phi) is 4.81. The summed E-state index contributed by atoms with van der Waals surface area (Å²) in [6.07, 6.45) is 10.2. The lowest BCUT2D eigenvalue weighted by molar-refractivity contribution is 0.390. The molecule has 0 amide bonds. The van der Waals surface area contributed by atoms with Crippen LogP contribution in [-0.4, -0.2) is 24.9 Å². The van der Waals surface area contributed by atoms with Gasteiger partial charge in [0.1, 0.15) is 0 Å². The highest BCUT2D eigenvalue weighted by atomic mass is 35.5. The van der Waals surface area contributed by atoms with Gasteiger partial charge in [-0.3, -0.25) is 13.8 Å². The van der Waals surface area contributed by atoms with E-state index in [0.717, 1.165) is 22.5 Å². The van der Waals surface area contributed by atoms with Crippen LogP contribution in [-0.2, 0) is 0 Å². The van der Waals surface area contributed by atoms with Crippen LogP contribution in [0.4, 0.5) is 0 Å². The summed E-state index contributed by atoms with van der Waals surface area (Å²) in [5.41, 5.74) is 0.870. The number of benzene rings is 1. The lowest BCUT2D eigenvalue weighted by Crippen LogP contribution is -2.20. The average molecular weight is 375 g/mol. The Bertz CT molecular complexity index is 946. The monoisotopic (exact) mass is 374 g/mol. The van der Waals surface area contributed by atoms with Crippen molar-refractivity contribution >= 4 is 29.0 Å². The molecule has 1 saturated carbocycles. The molecule has 0 saturated heterocycles. The Morgan fingerprint density at radius 1 is 1.16 bits per heavy atom. The van der Waals surface area contributed by atoms with Gasteiger partial charge in [0.2, 0.25) is 5.65 Å². The summed E-state index contributed by atoms with van der Waals surface area (Å²) < 4.78 is 3.34. The number of hydrogen-bond donors (Lipinski definition) is 0. The number of aromatic nitrogens is 4. The van der Waals surface area contributed by atoms with Gasteiger partial charge in [0.05, 0.1) is 5.69 Å². The van der Waals surface area contributed by atoms with Gasteiger partial charge in [-0.1, -0.05) is 48.7 Å². The fourth-order valence-corrected chi connectivity index (χ4v) is 4.63. The Morgan fingerprint density at radius 3 is 2.80 bits per heavy atom. The van der Waals surface area contributed by atoms with E-state index in [1.54, 1.807) is 39.1 Å². The highest BCUT2D eigenvalue weighted by Crippen LogP contribution is 2.29. The smallest absolute Gasteiger partial charge is 0.280 e. The van der Waals surface area contributed by atoms with Crippen LogP contribution in [0.3, 0.4) is 0 Å². The maximum absolute atomic E-state index is 12.7. The Morgan fingerprint density at radius 2 is 2.00 bits per heavy atom. The molecule has 0 unspecified atom stereocenters. The molecule has 0 aliphatic heterocycles. The highest BCUT2D eigenvalue weighted by molar-refractivity contribution is 7.99. The largest absolute Gasteiger partial charge is 0.300 e. The molecule has 2 aromatic heterocycles. The summed E-state index contributed by atoms with van der Waals surface area (Å²) in [6, 6.07) is 7.21. The summed E-state index contributed by atoms with van der Waals surface area (Å²) in [5, 5.41) is 9.73. The van der Waals surface area contributed by atoms with Crippen LogP contribution in [0.15, 0.2) is 46.6 Å². The molecule has 7 heteroatoms. The van der Waals surface area contributed by atoms with Crippen molar-refractivity contribution in [3.63, 3.8) is 0 Å². The Hall–Kier alpha value is -1.79. The lowest BCUT2D eigenvalue weighted by Gasteiger charge is -2.20. The first-order chi connectivity index (χ1) is 12.2. The summed E-state index contributed by atoms with van der Waals surface area (Å²) in [7, 11) is 0. The molecule has 130 valence electrons. The van der Waals surface area contributed by atoms with Crippen molar-refractivity contribution in [3.05, 3.63) is 52.0 Å². The van der Waals surface area contributed by atoms with Crippen molar-refractivity contribution in [3.8, 4) is 5.69 Å². The minimum absolute atomic E-state index is 0.193. The second kappa shape index (κ2) is 7.22. The zero-order chi connectivity index (χ0) is 17.2. The fourth-order valence-electron chi connectivity index (χ4n) is 3.34. The quantitative estimate of drug-likeness (QED) is 0.642. The van der Waals surface area contributed by atoms with Gasteiger partial charge in [-0.2, -0.15) is 0 Å². The minimum Gasteiger partial charge on any atom is -0.280 e. The Labute approximate surface area is 155 Å². The molecule has 0 radical (unpaired) electrons. The molecule has 3 aromatic rings. The molecule has 25 heavy (non-hydrogen) atoms. The van der Waals surface area contributed by atoms with Gasteiger partial charge in [0, 0.05) is 23.2 Å². The number of rotatable bonds is 4. The van der Waals surface area contributed by atoms with Gasteiger partial charge in [-0.25, -0.2) is 0 Å². The van der Waals surface area contributed by atoms with Gasteiger partial charge >= 0.3 is 5.56 Å². The summed E-state index contributed by atoms with van der Waals surface area (Å²) in [5.74, 6) is 1.79. The lowest BCUT2D eigenvalue weighted by atomic mass is 9.91. The number of fused-ring (bicyclic) bond motifs is 1. The number of nitrogens with zero attached hydrogens (tertiary/aromatic N) is 4. The zero-order valence-electron chi connectivity index (χ0n) is 13.8. The van der Waals surface area contributed by atoms with E-state index in [4.69, 9.17) is 11.6 Å². The molecular formula is C18H19ClN4OS. The molecule has 5 nitrogen and oxygen atoms in total. The first-order valence-corrected chi connectivity index (χ1v) is 9.94. The van der Waals surface area contributed by atoms with E-state index in [1.807, 2.05) is 18.3 Å². The van der Waals surface area contributed by atoms with Crippen LogP contribution >= 0.6 is 23.4 Å². The van der Waals surface area contributed by atoms with Gasteiger partial charge in [-0.15, -0.1) is 10.2 Å². The molecular weight excluding hydrogens is 356 g/mol. The van der Waals surface area contributed by atoms with Crippen molar-refractivity contribution < 1.29 is 0 Å². The fraction of sp³-hybridized carbons (Fsp3) is 0.389. The molecule has 1 aliphatic carbocycles. The molecule has 1 aromatic carbocycles. The molecule has 0 N–H and O–H groups in total. The number of hydrogen-bond acceptors (Lipinski definition) is 4. The average Bonchev–Trinajstić information content (AvgIpc) is 3.05. The van der Waals surface area contributed by atoms with Crippen LogP contribution in [0, 0.1) is 5.92 Å². The third kappa shape index (κ3) is 3.46. The van der Waals surface area contributed by atoms with E-state index in [2.05, 4.69) is 10.2 Å². The molecule has 1 fully saturated rings. The first kappa shape index (κ1) is 16.7. The SMILES string of the molecule is O=c1c2nnc(SCC3CCCCC3)n2ccn1-c1cccc(Cl)c1. The Balaban J connectivity index is 1.62. The molecule has 1 aliphatic rings. The standard InChI is InChI=1S/C18H19ClN4OS/c19-14-7-4-8-15(11-14)22-9-10-23-16(17(22)24)20-21-18(23)25-12-13-5-2-1-3-6-13/h4,7-11,13H,1-3,5-6,12H2. The molecule has 4 rings (SSSR count). The topological polar surface area (TPSA) is 52.2 Å². The normalized spacial score (nSPS) is 15.7. The van der Waals surface area contributed by atoms with Gasteiger partial charge in [0.25, 0.3) is 0 Å². The molecule has 2 heterocycles. The van der Waals surface area contributed by atoms with Crippen molar-refractivity contribution in [2.45, 2.75) is 37.3 Å². The predicted molar refractivity (Wildman–Crippen MR) is 101 cm³/mol. The zero-order valence-corrected chi connectivity index (χ0v) is 15.3. The van der Waals surface area contributed by atoms with E-state index in [1.165, 1.54) is 32.1 Å². The first-order valence-electron chi connectivity index (χ1n) is 8.57. The molecule has 0 bridgehead atoms. The van der Waals surface area contributed by atoms with Gasteiger partial charge < -0.3 is 0 Å². The summed E-state index contributed by atoms with van der Waals surface area (Å²) in [4.78, 5) is 12.7. The van der Waals surface area contributed by atoms with Crippen LogP contribution in [0.5, 0.6) is 0 Å². The number of halogens is 1. The van der Waals surface area contributed by atoms with Gasteiger partial charge in [-0.05, 0) is 37.0 Å². The van der Waals surface area contributed by atoms with E-state index < -0.39 is 0 Å². The third-order valence-electron chi connectivity index (χ3n) is 4.70. The van der Waals surface area contributed by atoms with Crippen molar-refractivity contribution in [2.24, 2.45) is 5.92 Å². The van der Waals surface area contributed by atoms with E-state index >= 15 is 0 Å². The van der Waals surface area contributed by atoms with Crippen molar-refractivity contribution in [2.75, 3.05) is 5.75 Å². The summed E-state index contributed by atoms with van der Waals surface area (Å²) in [6.45, 7) is 0. The highest BCUT2D eigenvalue weighted by Gasteiger charge is 2.17.